The summed E-state index contributed by atoms with van der Waals surface area (Å²) < 4.78 is 33.3. The molecule has 0 bridgehead atoms. The topological polar surface area (TPSA) is 45.9 Å². The van der Waals surface area contributed by atoms with E-state index in [9.17, 15) is 13.6 Å². The highest BCUT2D eigenvalue weighted by Gasteiger charge is 2.56. The number of carbonyl (C=O) groups is 1. The number of hydrogen-bond acceptors (Lipinski definition) is 3. The van der Waals surface area contributed by atoms with E-state index in [-0.39, 0.29) is 36.9 Å². The molecule has 1 saturated heterocycles. The first kappa shape index (κ1) is 15.7. The van der Waals surface area contributed by atoms with E-state index in [1.165, 1.54) is 0 Å². The predicted octanol–water partition coefficient (Wildman–Crippen LogP) is 2.07. The minimum absolute atomic E-state index is 0.0233. The largest absolute Gasteiger partial charge is 0.475 e. The van der Waals surface area contributed by atoms with Gasteiger partial charge in [0.05, 0.1) is 13.0 Å². The number of fused-ring (bicyclic) bond motifs is 1. The van der Waals surface area contributed by atoms with E-state index >= 15 is 0 Å². The van der Waals surface area contributed by atoms with Gasteiger partial charge in [0, 0.05) is 30.3 Å². The van der Waals surface area contributed by atoms with Gasteiger partial charge in [0.1, 0.15) is 17.4 Å². The number of ether oxygens (including phenoxy) is 1. The van der Waals surface area contributed by atoms with Crippen LogP contribution in [-0.4, -0.2) is 35.2 Å². The molecule has 1 N–H and O–H groups in total. The second kappa shape index (κ2) is 5.46. The molecule has 1 spiro atoms. The maximum Gasteiger partial charge on any atom is 0.284 e. The van der Waals surface area contributed by atoms with E-state index in [0.29, 0.717) is 0 Å². The van der Waals surface area contributed by atoms with E-state index in [2.05, 4.69) is 10.2 Å². The molecule has 23 heavy (non-hydrogen) atoms. The Bertz CT molecular complexity index is 701. The van der Waals surface area contributed by atoms with E-state index in [0.717, 1.165) is 12.1 Å². The summed E-state index contributed by atoms with van der Waals surface area (Å²) in [4.78, 5) is 18.0. The highest BCUT2D eigenvalue weighted by molar-refractivity contribution is 5.87. The number of nitrogens with one attached hydrogen (secondary N) is 1. The Kier molecular flexibility index (Phi) is 3.72. The van der Waals surface area contributed by atoms with Gasteiger partial charge < -0.3 is 10.1 Å². The Balaban J connectivity index is 2.03. The number of halogens is 2. The smallest absolute Gasteiger partial charge is 0.284 e. The molecule has 2 aliphatic heterocycles. The zero-order valence-electron chi connectivity index (χ0n) is 12.9. The van der Waals surface area contributed by atoms with Crippen molar-refractivity contribution >= 4 is 5.91 Å². The van der Waals surface area contributed by atoms with Crippen molar-refractivity contribution in [3.63, 3.8) is 0 Å². The van der Waals surface area contributed by atoms with Crippen LogP contribution < -0.4 is 10.1 Å². The lowest BCUT2D eigenvalue weighted by Crippen LogP contribution is -2.52. The van der Waals surface area contributed by atoms with Crippen LogP contribution in [0.4, 0.5) is 8.78 Å². The van der Waals surface area contributed by atoms with Gasteiger partial charge in [-0.3, -0.25) is 9.64 Å². The molecule has 2 heterocycles. The second-order valence-corrected chi connectivity index (χ2v) is 6.22. The average molecular weight is 321 g/mol. The second-order valence-electron chi connectivity index (χ2n) is 6.22. The van der Waals surface area contributed by atoms with Crippen molar-refractivity contribution in [2.75, 3.05) is 6.54 Å². The van der Waals surface area contributed by atoms with Gasteiger partial charge in [0.15, 0.2) is 0 Å². The molecule has 0 unspecified atom stereocenters. The molecule has 0 saturated carbocycles. The molecule has 1 aromatic rings. The number of hydrogen-bond donors (Lipinski definition) is 1. The summed E-state index contributed by atoms with van der Waals surface area (Å²) in [6, 6.07) is 1.91. The van der Waals surface area contributed by atoms with Crippen LogP contribution in [0.3, 0.4) is 0 Å². The third-order valence-electron chi connectivity index (χ3n) is 4.41. The summed E-state index contributed by atoms with van der Waals surface area (Å²) in [6.07, 6.45) is -0.335. The van der Waals surface area contributed by atoms with Crippen LogP contribution in [0.15, 0.2) is 12.1 Å². The standard InChI is InChI=1S/C16H17F2N3O2/c1-9(2)21-8-16(6-14(21)19-3)15(22)20-7-11-12(18)4-10(17)5-13(11)23-16/h4-5,9,14H,6-8H2,1-2H3,(H,20,22)/t14-,16+/m0/s1. The number of likely N-dealkylation sites (tertiary alicyclic amines) is 1. The molecule has 1 aromatic carbocycles. The van der Waals surface area contributed by atoms with Gasteiger partial charge in [0.25, 0.3) is 12.1 Å². The lowest BCUT2D eigenvalue weighted by atomic mass is 10.0. The zero-order chi connectivity index (χ0) is 16.8. The number of carbonyl (C=O) groups excluding carboxylic acids is 1. The fourth-order valence-corrected chi connectivity index (χ4v) is 3.19. The van der Waals surface area contributed by atoms with Gasteiger partial charge in [-0.05, 0) is 13.8 Å². The molecule has 1 amide bonds. The first-order valence-corrected chi connectivity index (χ1v) is 7.44. The van der Waals surface area contributed by atoms with Gasteiger partial charge in [-0.25, -0.2) is 20.3 Å². The van der Waals surface area contributed by atoms with E-state index in [1.54, 1.807) is 0 Å². The minimum Gasteiger partial charge on any atom is -0.475 e. The fraction of sp³-hybridized carbons (Fsp3) is 0.500. The highest BCUT2D eigenvalue weighted by Crippen LogP contribution is 2.38. The zero-order valence-corrected chi connectivity index (χ0v) is 12.9. The van der Waals surface area contributed by atoms with Crippen molar-refractivity contribution in [2.45, 2.75) is 44.6 Å². The first-order valence-electron chi connectivity index (χ1n) is 7.44. The maximum absolute atomic E-state index is 13.9. The van der Waals surface area contributed by atoms with Crippen molar-refractivity contribution in [1.29, 1.82) is 0 Å². The Morgan fingerprint density at radius 3 is 2.83 bits per heavy atom. The Labute approximate surface area is 133 Å². The maximum atomic E-state index is 13.9. The van der Waals surface area contributed by atoms with Crippen LogP contribution in [0.2, 0.25) is 0 Å². The average Bonchev–Trinajstić information content (AvgIpc) is 2.79. The Hall–Kier alpha value is -2.20. The van der Waals surface area contributed by atoms with Crippen LogP contribution >= 0.6 is 0 Å². The summed E-state index contributed by atoms with van der Waals surface area (Å²) in [6.45, 7) is 11.3. The molecule has 7 heteroatoms. The first-order chi connectivity index (χ1) is 10.9. The Morgan fingerprint density at radius 1 is 1.48 bits per heavy atom. The summed E-state index contributed by atoms with van der Waals surface area (Å²) in [5.41, 5.74) is -1.18. The summed E-state index contributed by atoms with van der Waals surface area (Å²) in [5, 5.41) is 2.64. The molecular formula is C16H17F2N3O2. The van der Waals surface area contributed by atoms with E-state index in [1.807, 2.05) is 18.7 Å². The van der Waals surface area contributed by atoms with E-state index < -0.39 is 29.3 Å². The van der Waals surface area contributed by atoms with Crippen molar-refractivity contribution < 1.29 is 18.3 Å². The number of amides is 1. The van der Waals surface area contributed by atoms with Gasteiger partial charge >= 0.3 is 0 Å². The lowest BCUT2D eigenvalue weighted by Gasteiger charge is -2.27. The Morgan fingerprint density at radius 2 is 2.22 bits per heavy atom. The summed E-state index contributed by atoms with van der Waals surface area (Å²) >= 11 is 0. The molecule has 2 aliphatic rings. The molecule has 0 aromatic heterocycles. The van der Waals surface area contributed by atoms with Crippen LogP contribution in [0.25, 0.3) is 4.85 Å². The van der Waals surface area contributed by atoms with Gasteiger partial charge in [-0.15, -0.1) is 0 Å². The van der Waals surface area contributed by atoms with Gasteiger partial charge in [0.2, 0.25) is 5.60 Å². The molecule has 122 valence electrons. The highest BCUT2D eigenvalue weighted by atomic mass is 19.1. The number of nitrogens with zero attached hydrogens (tertiary/aromatic N) is 2. The monoisotopic (exact) mass is 321 g/mol. The van der Waals surface area contributed by atoms with Crippen molar-refractivity contribution in [2.24, 2.45) is 0 Å². The molecule has 5 nitrogen and oxygen atoms in total. The molecule has 2 atom stereocenters. The number of benzene rings is 1. The van der Waals surface area contributed by atoms with E-state index in [4.69, 9.17) is 11.3 Å². The van der Waals surface area contributed by atoms with Crippen LogP contribution in [0.1, 0.15) is 25.8 Å². The summed E-state index contributed by atoms with van der Waals surface area (Å²) in [7, 11) is 0. The fourth-order valence-electron chi connectivity index (χ4n) is 3.19. The van der Waals surface area contributed by atoms with Crippen LogP contribution in [-0.2, 0) is 11.3 Å². The normalized spacial score (nSPS) is 27.3. The quantitative estimate of drug-likeness (QED) is 0.806. The molecular weight excluding hydrogens is 304 g/mol. The summed E-state index contributed by atoms with van der Waals surface area (Å²) in [5.74, 6) is -1.88. The van der Waals surface area contributed by atoms with Crippen molar-refractivity contribution in [3.05, 3.63) is 40.7 Å². The molecule has 1 fully saturated rings. The third-order valence-corrected chi connectivity index (χ3v) is 4.41. The van der Waals surface area contributed by atoms with Crippen molar-refractivity contribution in [1.82, 2.24) is 10.2 Å². The van der Waals surface area contributed by atoms with Crippen molar-refractivity contribution in [3.8, 4) is 5.75 Å². The molecule has 0 aliphatic carbocycles. The van der Waals surface area contributed by atoms with Crippen LogP contribution in [0, 0.1) is 18.2 Å². The number of rotatable bonds is 1. The van der Waals surface area contributed by atoms with Gasteiger partial charge in [-0.1, -0.05) is 0 Å². The SMILES string of the molecule is [C-]#[N+][C@@H]1C[C@]2(CN1C(C)C)Oc1cc(F)cc(F)c1CNC2=O. The third kappa shape index (κ3) is 2.53. The predicted molar refractivity (Wildman–Crippen MR) is 78.4 cm³/mol. The lowest BCUT2D eigenvalue weighted by molar-refractivity contribution is -0.135. The molecule has 0 radical (unpaired) electrons. The molecule has 3 rings (SSSR count). The van der Waals surface area contributed by atoms with Crippen LogP contribution in [0.5, 0.6) is 5.75 Å². The van der Waals surface area contributed by atoms with Gasteiger partial charge in [-0.2, -0.15) is 0 Å². The minimum atomic E-state index is -1.30.